The van der Waals surface area contributed by atoms with E-state index >= 15 is 0 Å². The number of carbonyl (C=O) groups excluding carboxylic acids is 2. The number of imide groups is 1. The highest BCUT2D eigenvalue weighted by atomic mass is 32.2. The van der Waals surface area contributed by atoms with Gasteiger partial charge in [-0.15, -0.1) is 0 Å². The van der Waals surface area contributed by atoms with Gasteiger partial charge in [0.2, 0.25) is 5.91 Å². The molecule has 0 bridgehead atoms. The Morgan fingerprint density at radius 1 is 1.70 bits per heavy atom. The summed E-state index contributed by atoms with van der Waals surface area (Å²) >= 11 is 5.06. The molecule has 0 aromatic rings. The van der Waals surface area contributed by atoms with E-state index in [1.807, 2.05) is 0 Å². The van der Waals surface area contributed by atoms with E-state index in [4.69, 9.17) is 0 Å². The molecule has 0 radical (unpaired) electrons. The summed E-state index contributed by atoms with van der Waals surface area (Å²) in [6, 6.07) is 0. The predicted molar refractivity (Wildman–Crippen MR) is 43.4 cm³/mol. The molecule has 2 amide bonds. The molecule has 0 saturated carbocycles. The molecule has 1 fully saturated rings. The summed E-state index contributed by atoms with van der Waals surface area (Å²) in [6.07, 6.45) is 0. The van der Waals surface area contributed by atoms with E-state index in [2.05, 4.69) is 17.9 Å². The van der Waals surface area contributed by atoms with Crippen LogP contribution in [0.3, 0.4) is 0 Å². The van der Waals surface area contributed by atoms with Crippen LogP contribution >= 0.6 is 24.4 Å². The van der Waals surface area contributed by atoms with Crippen molar-refractivity contribution in [2.75, 3.05) is 0 Å². The number of hydrogen-bond acceptors (Lipinski definition) is 4. The van der Waals surface area contributed by atoms with Gasteiger partial charge in [-0.05, 0) is 11.8 Å². The molecule has 1 aliphatic rings. The van der Waals surface area contributed by atoms with Crippen molar-refractivity contribution >= 4 is 35.5 Å². The van der Waals surface area contributed by atoms with Crippen molar-refractivity contribution in [1.82, 2.24) is 5.32 Å². The number of carbonyl (C=O) groups is 2. The lowest BCUT2D eigenvalue weighted by Gasteiger charge is -2.05. The molecule has 0 spiro atoms. The van der Waals surface area contributed by atoms with Crippen molar-refractivity contribution in [1.29, 1.82) is 0 Å². The average molecular weight is 177 g/mol. The second-order valence-electron chi connectivity index (χ2n) is 2.06. The minimum Gasteiger partial charge on any atom is -0.286 e. The van der Waals surface area contributed by atoms with E-state index in [9.17, 15) is 9.59 Å². The minimum absolute atomic E-state index is 0.0727. The molecule has 1 N–H and O–H groups in total. The van der Waals surface area contributed by atoms with Gasteiger partial charge in [-0.3, -0.25) is 14.9 Å². The summed E-state index contributed by atoms with van der Waals surface area (Å²) in [4.78, 5) is 21.4. The Morgan fingerprint density at radius 3 is 2.50 bits per heavy atom. The Kier molecular flexibility index (Phi) is 2.25. The monoisotopic (exact) mass is 177 g/mol. The van der Waals surface area contributed by atoms with Gasteiger partial charge in [0.15, 0.2) is 0 Å². The normalized spacial score (nSPS) is 28.4. The van der Waals surface area contributed by atoms with Gasteiger partial charge in [0, 0.05) is 5.25 Å². The maximum atomic E-state index is 10.8. The Morgan fingerprint density at radius 2 is 2.30 bits per heavy atom. The second kappa shape index (κ2) is 2.84. The lowest BCUT2D eigenvalue weighted by Crippen LogP contribution is -2.28. The first-order chi connectivity index (χ1) is 4.61. The predicted octanol–water partition coefficient (Wildman–Crippen LogP) is 0.656. The van der Waals surface area contributed by atoms with Crippen molar-refractivity contribution < 1.29 is 9.59 Å². The van der Waals surface area contributed by atoms with Gasteiger partial charge in [-0.1, -0.05) is 6.92 Å². The van der Waals surface area contributed by atoms with E-state index in [-0.39, 0.29) is 21.6 Å². The number of hydrogen-bond donors (Lipinski definition) is 2. The summed E-state index contributed by atoms with van der Waals surface area (Å²) in [7, 11) is 0. The Hall–Kier alpha value is -0.160. The highest BCUT2D eigenvalue weighted by Gasteiger charge is 2.34. The second-order valence-corrected chi connectivity index (χ2v) is 3.98. The molecule has 10 heavy (non-hydrogen) atoms. The number of rotatable bonds is 1. The van der Waals surface area contributed by atoms with Gasteiger partial charge in [-0.2, -0.15) is 12.6 Å². The molecule has 3 nitrogen and oxygen atoms in total. The van der Waals surface area contributed by atoms with Crippen LogP contribution in [0.15, 0.2) is 0 Å². The van der Waals surface area contributed by atoms with Crippen LogP contribution in [0.4, 0.5) is 4.79 Å². The fourth-order valence-electron chi connectivity index (χ4n) is 0.688. The molecular weight excluding hydrogens is 170 g/mol. The standard InChI is InChI=1S/C5H7NO2S2/c1-2(9)3-4(7)6-5(8)10-3/h2-3,9H,1H3,(H,6,7,8). The molecule has 0 aliphatic carbocycles. The van der Waals surface area contributed by atoms with Gasteiger partial charge in [-0.25, -0.2) is 0 Å². The molecule has 1 heterocycles. The first-order valence-electron chi connectivity index (χ1n) is 2.81. The zero-order valence-electron chi connectivity index (χ0n) is 5.33. The summed E-state index contributed by atoms with van der Waals surface area (Å²) in [6.45, 7) is 1.79. The lowest BCUT2D eigenvalue weighted by molar-refractivity contribution is -0.118. The maximum Gasteiger partial charge on any atom is 0.286 e. The Labute approximate surface area is 68.3 Å². The summed E-state index contributed by atoms with van der Waals surface area (Å²) in [5.74, 6) is -0.225. The van der Waals surface area contributed by atoms with Gasteiger partial charge in [0.25, 0.3) is 5.24 Å². The van der Waals surface area contributed by atoms with Crippen molar-refractivity contribution in [2.45, 2.75) is 17.4 Å². The van der Waals surface area contributed by atoms with Crippen LogP contribution in [0.25, 0.3) is 0 Å². The molecule has 2 unspecified atom stereocenters. The van der Waals surface area contributed by atoms with Crippen molar-refractivity contribution in [3.8, 4) is 0 Å². The van der Waals surface area contributed by atoms with Gasteiger partial charge < -0.3 is 0 Å². The highest BCUT2D eigenvalue weighted by molar-refractivity contribution is 8.15. The minimum atomic E-state index is -0.309. The van der Waals surface area contributed by atoms with E-state index < -0.39 is 0 Å². The van der Waals surface area contributed by atoms with Crippen LogP contribution in [0, 0.1) is 0 Å². The van der Waals surface area contributed by atoms with E-state index in [1.54, 1.807) is 6.92 Å². The summed E-state index contributed by atoms with van der Waals surface area (Å²) < 4.78 is 0. The smallest absolute Gasteiger partial charge is 0.286 e. The van der Waals surface area contributed by atoms with Crippen LogP contribution in [0.2, 0.25) is 0 Å². The molecular formula is C5H7NO2S2. The van der Waals surface area contributed by atoms with E-state index in [1.165, 1.54) is 0 Å². The molecule has 1 rings (SSSR count). The Bertz CT molecular complexity index is 180. The maximum absolute atomic E-state index is 10.8. The average Bonchev–Trinajstić information content (AvgIpc) is 2.10. The van der Waals surface area contributed by atoms with Crippen LogP contribution < -0.4 is 5.32 Å². The van der Waals surface area contributed by atoms with Crippen molar-refractivity contribution in [2.24, 2.45) is 0 Å². The quantitative estimate of drug-likeness (QED) is 0.578. The van der Waals surface area contributed by atoms with Gasteiger partial charge in [0.1, 0.15) is 5.25 Å². The van der Waals surface area contributed by atoms with Gasteiger partial charge >= 0.3 is 0 Å². The summed E-state index contributed by atoms with van der Waals surface area (Å²) in [5.41, 5.74) is 0. The Balaban J connectivity index is 2.63. The van der Waals surface area contributed by atoms with Crippen LogP contribution in [-0.4, -0.2) is 21.6 Å². The molecule has 0 aromatic heterocycles. The number of thiol groups is 1. The van der Waals surface area contributed by atoms with Crippen LogP contribution in [-0.2, 0) is 4.79 Å². The molecule has 2 atom stereocenters. The van der Waals surface area contributed by atoms with Crippen molar-refractivity contribution in [3.05, 3.63) is 0 Å². The van der Waals surface area contributed by atoms with E-state index in [0.29, 0.717) is 0 Å². The number of thioether (sulfide) groups is 1. The summed E-state index contributed by atoms with van der Waals surface area (Å²) in [5, 5.41) is 1.53. The van der Waals surface area contributed by atoms with Gasteiger partial charge in [0.05, 0.1) is 0 Å². The zero-order valence-corrected chi connectivity index (χ0v) is 7.04. The molecule has 56 valence electrons. The van der Waals surface area contributed by atoms with Crippen molar-refractivity contribution in [3.63, 3.8) is 0 Å². The third kappa shape index (κ3) is 1.46. The zero-order chi connectivity index (χ0) is 7.72. The number of nitrogens with one attached hydrogen (secondary N) is 1. The first kappa shape index (κ1) is 7.94. The van der Waals surface area contributed by atoms with E-state index in [0.717, 1.165) is 11.8 Å². The lowest BCUT2D eigenvalue weighted by atomic mass is 10.3. The fraction of sp³-hybridized carbons (Fsp3) is 0.600. The van der Waals surface area contributed by atoms with Crippen LogP contribution in [0.1, 0.15) is 6.92 Å². The third-order valence-electron chi connectivity index (χ3n) is 1.16. The molecule has 1 saturated heterocycles. The molecule has 1 aliphatic heterocycles. The third-order valence-corrected chi connectivity index (χ3v) is 2.85. The first-order valence-corrected chi connectivity index (χ1v) is 4.20. The molecule has 0 aromatic carbocycles. The fourth-order valence-corrected chi connectivity index (χ4v) is 1.76. The number of amides is 2. The van der Waals surface area contributed by atoms with Crippen LogP contribution in [0.5, 0.6) is 0 Å². The topological polar surface area (TPSA) is 46.2 Å². The SMILES string of the molecule is CC(S)C1SC(=O)NC1=O. The highest BCUT2D eigenvalue weighted by Crippen LogP contribution is 2.24. The largest absolute Gasteiger partial charge is 0.286 e. The molecule has 5 heteroatoms.